The predicted octanol–water partition coefficient (Wildman–Crippen LogP) is 3.87. The molecule has 0 saturated carbocycles. The second-order valence-electron chi connectivity index (χ2n) is 5.05. The van der Waals surface area contributed by atoms with Gasteiger partial charge in [-0.1, -0.05) is 18.2 Å². The molecule has 1 unspecified atom stereocenters. The highest BCUT2D eigenvalue weighted by Gasteiger charge is 2.33. The first kappa shape index (κ1) is 14.8. The van der Waals surface area contributed by atoms with Crippen LogP contribution in [0.3, 0.4) is 0 Å². The Bertz CT molecular complexity index is 706. The fourth-order valence-corrected chi connectivity index (χ4v) is 3.37. The van der Waals surface area contributed by atoms with E-state index in [4.69, 9.17) is 0 Å². The maximum atomic E-state index is 13.4. The summed E-state index contributed by atoms with van der Waals surface area (Å²) in [5, 5.41) is 1.20. The van der Waals surface area contributed by atoms with Gasteiger partial charge < -0.3 is 0 Å². The maximum Gasteiger partial charge on any atom is 0.252 e. The van der Waals surface area contributed by atoms with Crippen molar-refractivity contribution < 1.29 is 13.6 Å². The summed E-state index contributed by atoms with van der Waals surface area (Å²) in [5.41, 5.74) is 5.19. The molecule has 1 heterocycles. The highest BCUT2D eigenvalue weighted by atomic mass is 32.2. The lowest BCUT2D eigenvalue weighted by Gasteiger charge is -2.26. The van der Waals surface area contributed by atoms with Crippen molar-refractivity contribution in [1.82, 2.24) is 5.01 Å². The van der Waals surface area contributed by atoms with Crippen LogP contribution in [0.15, 0.2) is 42.5 Å². The molecule has 114 valence electrons. The number of hydrogen-bond donors (Lipinski definition) is 1. The van der Waals surface area contributed by atoms with E-state index in [1.165, 1.54) is 41.0 Å². The van der Waals surface area contributed by atoms with Crippen LogP contribution >= 0.6 is 11.8 Å². The fourth-order valence-electron chi connectivity index (χ4n) is 2.26. The van der Waals surface area contributed by atoms with Gasteiger partial charge in [0.25, 0.3) is 5.91 Å². The lowest BCUT2D eigenvalue weighted by atomic mass is 10.2. The third kappa shape index (κ3) is 2.92. The lowest BCUT2D eigenvalue weighted by Crippen LogP contribution is -2.34. The Labute approximate surface area is 131 Å². The summed E-state index contributed by atoms with van der Waals surface area (Å²) < 4.78 is 26.4. The number of nitrogens with one attached hydrogen (secondary N) is 1. The van der Waals surface area contributed by atoms with Crippen molar-refractivity contribution in [2.24, 2.45) is 0 Å². The van der Waals surface area contributed by atoms with Gasteiger partial charge in [-0.05, 0) is 42.3 Å². The molecule has 22 heavy (non-hydrogen) atoms. The molecular weight excluding hydrogens is 306 g/mol. The summed E-state index contributed by atoms with van der Waals surface area (Å²) in [4.78, 5) is 12.1. The molecule has 3 rings (SSSR count). The first-order chi connectivity index (χ1) is 10.5. The van der Waals surface area contributed by atoms with Gasteiger partial charge in [0.1, 0.15) is 17.0 Å². The largest absolute Gasteiger partial charge is 0.294 e. The number of nitrogens with zero attached hydrogens (tertiary/aromatic N) is 1. The van der Waals surface area contributed by atoms with E-state index in [-0.39, 0.29) is 22.9 Å². The summed E-state index contributed by atoms with van der Waals surface area (Å²) in [6.45, 7) is 1.84. The molecule has 1 fully saturated rings. The van der Waals surface area contributed by atoms with E-state index >= 15 is 0 Å². The molecule has 0 bridgehead atoms. The normalized spacial score (nSPS) is 17.9. The number of carbonyl (C=O) groups excluding carboxylic acids is 1. The van der Waals surface area contributed by atoms with Gasteiger partial charge in [0.15, 0.2) is 0 Å². The molecule has 2 aromatic carbocycles. The first-order valence-electron chi connectivity index (χ1n) is 6.76. The maximum absolute atomic E-state index is 13.4. The molecule has 0 aromatic heterocycles. The van der Waals surface area contributed by atoms with Gasteiger partial charge in [0, 0.05) is 0 Å². The number of rotatable bonds is 3. The van der Waals surface area contributed by atoms with E-state index in [1.54, 1.807) is 18.2 Å². The molecule has 3 nitrogen and oxygen atoms in total. The smallest absolute Gasteiger partial charge is 0.252 e. The van der Waals surface area contributed by atoms with Gasteiger partial charge in [-0.15, -0.1) is 11.8 Å². The average molecular weight is 320 g/mol. The van der Waals surface area contributed by atoms with Crippen molar-refractivity contribution >= 4 is 23.4 Å². The van der Waals surface area contributed by atoms with Crippen molar-refractivity contribution in [2.45, 2.75) is 12.3 Å². The minimum atomic E-state index is -0.370. The number of benzene rings is 2. The van der Waals surface area contributed by atoms with Crippen LogP contribution < -0.4 is 5.43 Å². The number of thioether (sulfide) groups is 1. The van der Waals surface area contributed by atoms with Crippen LogP contribution in [0.4, 0.5) is 14.5 Å². The molecule has 1 aliphatic heterocycles. The average Bonchev–Trinajstić information content (AvgIpc) is 2.85. The Balaban J connectivity index is 1.88. The summed E-state index contributed by atoms with van der Waals surface area (Å²) in [7, 11) is 0. The fraction of sp³-hybridized carbons (Fsp3) is 0.188. The van der Waals surface area contributed by atoms with Crippen LogP contribution in [-0.4, -0.2) is 16.7 Å². The molecule has 0 radical (unpaired) electrons. The lowest BCUT2D eigenvalue weighted by molar-refractivity contribution is -0.126. The van der Waals surface area contributed by atoms with Gasteiger partial charge in [0.2, 0.25) is 0 Å². The van der Waals surface area contributed by atoms with E-state index in [9.17, 15) is 13.6 Å². The third-order valence-electron chi connectivity index (χ3n) is 3.46. The predicted molar refractivity (Wildman–Crippen MR) is 83.2 cm³/mol. The molecular formula is C16H14F2N2OS. The first-order valence-corrected chi connectivity index (χ1v) is 7.81. The molecule has 1 N–H and O–H groups in total. The van der Waals surface area contributed by atoms with Gasteiger partial charge in [0.05, 0.1) is 11.4 Å². The van der Waals surface area contributed by atoms with E-state index < -0.39 is 0 Å². The summed E-state index contributed by atoms with van der Waals surface area (Å²) in [6, 6.07) is 10.4. The Morgan fingerprint density at radius 2 is 1.82 bits per heavy atom. The molecule has 2 aromatic rings. The third-order valence-corrected chi connectivity index (χ3v) is 4.68. The number of halogens is 2. The molecule has 0 aliphatic carbocycles. The number of hydrogen-bond acceptors (Lipinski definition) is 3. The van der Waals surface area contributed by atoms with Crippen molar-refractivity contribution in [1.29, 1.82) is 0 Å². The van der Waals surface area contributed by atoms with E-state index in [0.717, 1.165) is 11.1 Å². The second-order valence-corrected chi connectivity index (χ2v) is 6.12. The minimum Gasteiger partial charge on any atom is -0.294 e. The van der Waals surface area contributed by atoms with Crippen molar-refractivity contribution in [3.63, 3.8) is 0 Å². The summed E-state index contributed by atoms with van der Waals surface area (Å²) in [5.74, 6) is -0.462. The standard InChI is InChI=1S/C16H14F2N2OS/c1-10-2-5-13(18)8-14(10)19-20-15(21)9-22-16(20)11-3-6-12(17)7-4-11/h2-8,16,19H,9H2,1H3. The molecule has 1 amide bonds. The number of hydrazine groups is 1. The zero-order valence-electron chi connectivity index (χ0n) is 11.8. The summed E-state index contributed by atoms with van der Waals surface area (Å²) >= 11 is 1.44. The van der Waals surface area contributed by atoms with Crippen molar-refractivity contribution in [3.05, 3.63) is 65.2 Å². The van der Waals surface area contributed by atoms with E-state index in [2.05, 4.69) is 5.43 Å². The van der Waals surface area contributed by atoms with Crippen LogP contribution in [0.25, 0.3) is 0 Å². The zero-order chi connectivity index (χ0) is 15.7. The van der Waals surface area contributed by atoms with Crippen LogP contribution in [0.2, 0.25) is 0 Å². The van der Waals surface area contributed by atoms with Gasteiger partial charge in [-0.3, -0.25) is 10.2 Å². The Morgan fingerprint density at radius 3 is 2.55 bits per heavy atom. The Hall–Kier alpha value is -2.08. The quantitative estimate of drug-likeness (QED) is 0.931. The van der Waals surface area contributed by atoms with E-state index in [1.807, 2.05) is 6.92 Å². The van der Waals surface area contributed by atoms with Crippen LogP contribution in [0.5, 0.6) is 0 Å². The number of anilines is 1. The van der Waals surface area contributed by atoms with Crippen LogP contribution in [-0.2, 0) is 4.79 Å². The molecule has 1 aliphatic rings. The monoisotopic (exact) mass is 320 g/mol. The topological polar surface area (TPSA) is 32.3 Å². The number of amides is 1. The summed E-state index contributed by atoms with van der Waals surface area (Å²) in [6.07, 6.45) is 0. The number of carbonyl (C=O) groups is 1. The highest BCUT2D eigenvalue weighted by Crippen LogP contribution is 2.38. The van der Waals surface area contributed by atoms with Crippen molar-refractivity contribution in [2.75, 3.05) is 11.2 Å². The minimum absolute atomic E-state index is 0.0945. The van der Waals surface area contributed by atoms with Gasteiger partial charge in [-0.2, -0.15) is 0 Å². The SMILES string of the molecule is Cc1ccc(F)cc1NN1C(=O)CSC1c1ccc(F)cc1. The van der Waals surface area contributed by atoms with Gasteiger partial charge >= 0.3 is 0 Å². The zero-order valence-corrected chi connectivity index (χ0v) is 12.7. The van der Waals surface area contributed by atoms with Gasteiger partial charge in [-0.25, -0.2) is 13.8 Å². The van der Waals surface area contributed by atoms with E-state index in [0.29, 0.717) is 11.4 Å². The Morgan fingerprint density at radius 1 is 1.14 bits per heavy atom. The molecule has 1 atom stereocenters. The van der Waals surface area contributed by atoms with Crippen molar-refractivity contribution in [3.8, 4) is 0 Å². The molecule has 6 heteroatoms. The van der Waals surface area contributed by atoms with Crippen LogP contribution in [0.1, 0.15) is 16.5 Å². The highest BCUT2D eigenvalue weighted by molar-refractivity contribution is 8.00. The number of aryl methyl sites for hydroxylation is 1. The molecule has 1 saturated heterocycles. The Kier molecular flexibility index (Phi) is 4.02. The molecule has 0 spiro atoms. The van der Waals surface area contributed by atoms with Crippen LogP contribution in [0, 0.1) is 18.6 Å². The second kappa shape index (κ2) is 5.96.